The highest BCUT2D eigenvalue weighted by atomic mass is 32.2. The van der Waals surface area contributed by atoms with Crippen LogP contribution in [-0.4, -0.2) is 42.5 Å². The van der Waals surface area contributed by atoms with Crippen molar-refractivity contribution in [3.8, 4) is 5.75 Å². The van der Waals surface area contributed by atoms with Gasteiger partial charge in [0.15, 0.2) is 0 Å². The van der Waals surface area contributed by atoms with E-state index in [-0.39, 0.29) is 31.5 Å². The summed E-state index contributed by atoms with van der Waals surface area (Å²) in [7, 11) is -3.45. The van der Waals surface area contributed by atoms with E-state index in [9.17, 15) is 13.2 Å². The number of pyridine rings is 1. The maximum Gasteiger partial charge on any atom is 0.225 e. The third-order valence-electron chi connectivity index (χ3n) is 3.66. The fourth-order valence-electron chi connectivity index (χ4n) is 2.42. The minimum atomic E-state index is -3.45. The molecule has 0 aliphatic heterocycles. The van der Waals surface area contributed by atoms with Gasteiger partial charge in [-0.3, -0.25) is 9.78 Å². The Balaban J connectivity index is 2.00. The molecule has 1 heterocycles. The Kier molecular flexibility index (Phi) is 7.32. The first-order valence-corrected chi connectivity index (χ1v) is 10.5. The largest absolute Gasteiger partial charge is 0.489 e. The molecule has 1 aromatic carbocycles. The van der Waals surface area contributed by atoms with E-state index in [1.54, 1.807) is 42.7 Å². The summed E-state index contributed by atoms with van der Waals surface area (Å²) >= 11 is 0. The van der Waals surface area contributed by atoms with Gasteiger partial charge in [-0.15, -0.1) is 0 Å². The Bertz CT molecular complexity index is 854. The number of nitrogens with one attached hydrogen (secondary N) is 1. The lowest BCUT2D eigenvalue weighted by molar-refractivity contribution is -0.116. The van der Waals surface area contributed by atoms with Crippen molar-refractivity contribution in [2.45, 2.75) is 32.9 Å². The number of hydrogen-bond donors (Lipinski definition) is 1. The van der Waals surface area contributed by atoms with Gasteiger partial charge in [0, 0.05) is 31.9 Å². The molecule has 2 aromatic rings. The molecule has 0 aliphatic rings. The number of benzene rings is 1. The predicted molar refractivity (Wildman–Crippen MR) is 105 cm³/mol. The molecule has 0 aliphatic carbocycles. The van der Waals surface area contributed by atoms with E-state index < -0.39 is 10.0 Å². The molecular formula is C19H25N3O4S. The van der Waals surface area contributed by atoms with Crippen LogP contribution < -0.4 is 10.1 Å². The molecule has 0 radical (unpaired) electrons. The molecule has 0 unspecified atom stereocenters. The quantitative estimate of drug-likeness (QED) is 0.710. The first-order valence-electron chi connectivity index (χ1n) is 8.65. The fourth-order valence-corrected chi connectivity index (χ4v) is 3.23. The summed E-state index contributed by atoms with van der Waals surface area (Å²) in [5.74, 6) is 0.297. The van der Waals surface area contributed by atoms with E-state index in [1.807, 2.05) is 19.9 Å². The van der Waals surface area contributed by atoms with Crippen LogP contribution in [0.1, 0.15) is 25.8 Å². The molecule has 0 bridgehead atoms. The van der Waals surface area contributed by atoms with Crippen molar-refractivity contribution in [2.75, 3.05) is 18.1 Å². The molecule has 146 valence electrons. The summed E-state index contributed by atoms with van der Waals surface area (Å²) in [5, 5.41) is 2.79. The van der Waals surface area contributed by atoms with Crippen molar-refractivity contribution in [1.82, 2.24) is 9.29 Å². The zero-order chi connectivity index (χ0) is 19.9. The van der Waals surface area contributed by atoms with E-state index >= 15 is 0 Å². The number of carbonyl (C=O) groups is 1. The summed E-state index contributed by atoms with van der Waals surface area (Å²) in [6.07, 6.45) is 4.37. The van der Waals surface area contributed by atoms with Crippen LogP contribution in [0.3, 0.4) is 0 Å². The highest BCUT2D eigenvalue weighted by molar-refractivity contribution is 7.88. The second kappa shape index (κ2) is 9.48. The number of para-hydroxylation sites is 2. The van der Waals surface area contributed by atoms with Crippen LogP contribution in [-0.2, 0) is 21.4 Å². The monoisotopic (exact) mass is 391 g/mol. The SMILES string of the molecule is CC(C)Oc1ccccc1NC(=O)CCN(Cc1cccnc1)S(C)(=O)=O. The zero-order valence-corrected chi connectivity index (χ0v) is 16.6. The van der Waals surface area contributed by atoms with Crippen LogP contribution in [0.25, 0.3) is 0 Å². The molecule has 2 rings (SSSR count). The summed E-state index contributed by atoms with van der Waals surface area (Å²) in [6, 6.07) is 10.7. The number of amides is 1. The lowest BCUT2D eigenvalue weighted by atomic mass is 10.2. The molecule has 0 spiro atoms. The van der Waals surface area contributed by atoms with E-state index in [1.165, 1.54) is 4.31 Å². The predicted octanol–water partition coefficient (Wildman–Crippen LogP) is 2.66. The molecule has 8 heteroatoms. The highest BCUT2D eigenvalue weighted by Gasteiger charge is 2.19. The van der Waals surface area contributed by atoms with Gasteiger partial charge in [0.05, 0.1) is 18.0 Å². The van der Waals surface area contributed by atoms with Crippen LogP contribution in [0.4, 0.5) is 5.69 Å². The molecule has 1 aromatic heterocycles. The van der Waals surface area contributed by atoms with E-state index in [0.29, 0.717) is 11.4 Å². The number of hydrogen-bond acceptors (Lipinski definition) is 5. The number of ether oxygens (including phenoxy) is 1. The topological polar surface area (TPSA) is 88.6 Å². The molecule has 0 saturated carbocycles. The van der Waals surface area contributed by atoms with Gasteiger partial charge in [0.2, 0.25) is 15.9 Å². The van der Waals surface area contributed by atoms with Crippen LogP contribution in [0, 0.1) is 0 Å². The zero-order valence-electron chi connectivity index (χ0n) is 15.8. The standard InChI is InChI=1S/C19H25N3O4S/c1-15(2)26-18-9-5-4-8-17(18)21-19(23)10-12-22(27(3,24)25)14-16-7-6-11-20-13-16/h4-9,11,13,15H,10,12,14H2,1-3H3,(H,21,23). The van der Waals surface area contributed by atoms with Gasteiger partial charge in [-0.1, -0.05) is 18.2 Å². The van der Waals surface area contributed by atoms with Gasteiger partial charge in [-0.05, 0) is 37.6 Å². The number of sulfonamides is 1. The molecule has 7 nitrogen and oxygen atoms in total. The third kappa shape index (κ3) is 6.99. The van der Waals surface area contributed by atoms with Crippen molar-refractivity contribution < 1.29 is 17.9 Å². The summed E-state index contributed by atoms with van der Waals surface area (Å²) in [4.78, 5) is 16.3. The van der Waals surface area contributed by atoms with Crippen molar-refractivity contribution >= 4 is 21.6 Å². The van der Waals surface area contributed by atoms with Crippen molar-refractivity contribution in [2.24, 2.45) is 0 Å². The van der Waals surface area contributed by atoms with Gasteiger partial charge in [0.1, 0.15) is 5.75 Å². The summed E-state index contributed by atoms with van der Waals surface area (Å²) in [6.45, 7) is 4.06. The van der Waals surface area contributed by atoms with Gasteiger partial charge < -0.3 is 10.1 Å². The molecule has 0 atom stereocenters. The smallest absolute Gasteiger partial charge is 0.225 e. The highest BCUT2D eigenvalue weighted by Crippen LogP contribution is 2.25. The number of nitrogens with zero attached hydrogens (tertiary/aromatic N) is 2. The maximum atomic E-state index is 12.3. The molecule has 0 fully saturated rings. The Morgan fingerprint density at radius 1 is 1.22 bits per heavy atom. The van der Waals surface area contributed by atoms with Crippen LogP contribution in [0.5, 0.6) is 5.75 Å². The normalized spacial score (nSPS) is 11.6. The van der Waals surface area contributed by atoms with E-state index in [2.05, 4.69) is 10.3 Å². The first kappa shape index (κ1) is 20.9. The summed E-state index contributed by atoms with van der Waals surface area (Å²) < 4.78 is 31.0. The lowest BCUT2D eigenvalue weighted by Crippen LogP contribution is -2.32. The van der Waals surface area contributed by atoms with Crippen LogP contribution in [0.2, 0.25) is 0 Å². The first-order chi connectivity index (χ1) is 12.8. The second-order valence-corrected chi connectivity index (χ2v) is 8.40. The lowest BCUT2D eigenvalue weighted by Gasteiger charge is -2.20. The van der Waals surface area contributed by atoms with Gasteiger partial charge in [0.25, 0.3) is 0 Å². The number of carbonyl (C=O) groups excluding carboxylic acids is 1. The maximum absolute atomic E-state index is 12.3. The Hall–Kier alpha value is -2.45. The van der Waals surface area contributed by atoms with Crippen LogP contribution in [0.15, 0.2) is 48.8 Å². The molecule has 1 N–H and O–H groups in total. The fraction of sp³-hybridized carbons (Fsp3) is 0.368. The van der Waals surface area contributed by atoms with Gasteiger partial charge in [-0.2, -0.15) is 4.31 Å². The van der Waals surface area contributed by atoms with Gasteiger partial charge in [-0.25, -0.2) is 8.42 Å². The van der Waals surface area contributed by atoms with Crippen molar-refractivity contribution in [3.05, 3.63) is 54.4 Å². The minimum absolute atomic E-state index is 0.0248. The number of aromatic nitrogens is 1. The summed E-state index contributed by atoms with van der Waals surface area (Å²) in [5.41, 5.74) is 1.33. The Morgan fingerprint density at radius 3 is 2.59 bits per heavy atom. The molecular weight excluding hydrogens is 366 g/mol. The van der Waals surface area contributed by atoms with Crippen molar-refractivity contribution in [3.63, 3.8) is 0 Å². The molecule has 1 amide bonds. The van der Waals surface area contributed by atoms with Crippen molar-refractivity contribution in [1.29, 1.82) is 0 Å². The Labute approximate surface area is 160 Å². The second-order valence-electron chi connectivity index (χ2n) is 6.42. The minimum Gasteiger partial charge on any atom is -0.489 e. The average Bonchev–Trinajstić information content (AvgIpc) is 2.60. The van der Waals surface area contributed by atoms with Crippen LogP contribution >= 0.6 is 0 Å². The number of rotatable bonds is 9. The van der Waals surface area contributed by atoms with E-state index in [4.69, 9.17) is 4.74 Å². The third-order valence-corrected chi connectivity index (χ3v) is 4.91. The van der Waals surface area contributed by atoms with Gasteiger partial charge >= 0.3 is 0 Å². The molecule has 0 saturated heterocycles. The average molecular weight is 391 g/mol. The molecule has 27 heavy (non-hydrogen) atoms. The number of anilines is 1. The Morgan fingerprint density at radius 2 is 1.96 bits per heavy atom. The van der Waals surface area contributed by atoms with E-state index in [0.717, 1.165) is 11.8 Å².